The van der Waals surface area contributed by atoms with Gasteiger partial charge in [0.15, 0.2) is 0 Å². The van der Waals surface area contributed by atoms with Crippen molar-refractivity contribution in [2.24, 2.45) is 0 Å². The molecule has 25 heavy (non-hydrogen) atoms. The zero-order valence-electron chi connectivity index (χ0n) is 14.1. The van der Waals surface area contributed by atoms with Crippen LogP contribution in [0.1, 0.15) is 40.3 Å². The van der Waals surface area contributed by atoms with Crippen molar-refractivity contribution >= 4 is 0 Å². The highest BCUT2D eigenvalue weighted by Gasteiger charge is 2.29. The van der Waals surface area contributed by atoms with Crippen LogP contribution in [0.2, 0.25) is 0 Å². The molecule has 0 heterocycles. The second-order valence-corrected chi connectivity index (χ2v) is 6.67. The predicted molar refractivity (Wildman–Crippen MR) is 103 cm³/mol. The van der Waals surface area contributed by atoms with Crippen LogP contribution in [0.5, 0.6) is 0 Å². The highest BCUT2D eigenvalue weighted by molar-refractivity contribution is 5.89. The van der Waals surface area contributed by atoms with Crippen molar-refractivity contribution in [3.8, 4) is 46.4 Å². The zero-order chi connectivity index (χ0) is 17.0. The summed E-state index contributed by atoms with van der Waals surface area (Å²) in [5.41, 5.74) is 13.0. The molecule has 2 aliphatic rings. The molecular formula is C25H16. The molecule has 0 nitrogen and oxygen atoms in total. The first kappa shape index (κ1) is 14.2. The summed E-state index contributed by atoms with van der Waals surface area (Å²) >= 11 is 0. The quantitative estimate of drug-likeness (QED) is 0.345. The van der Waals surface area contributed by atoms with Crippen LogP contribution in [-0.2, 0) is 12.8 Å². The van der Waals surface area contributed by atoms with Gasteiger partial charge in [-0.25, -0.2) is 0 Å². The van der Waals surface area contributed by atoms with Crippen LogP contribution in [0.15, 0.2) is 48.5 Å². The number of rotatable bonds is 0. The van der Waals surface area contributed by atoms with Gasteiger partial charge in [-0.1, -0.05) is 54.3 Å². The molecule has 2 aliphatic carbocycles. The van der Waals surface area contributed by atoms with E-state index >= 15 is 0 Å². The first-order valence-electron chi connectivity index (χ1n) is 8.60. The third kappa shape index (κ3) is 1.86. The zero-order valence-corrected chi connectivity index (χ0v) is 14.1. The van der Waals surface area contributed by atoms with Gasteiger partial charge in [0.05, 0.1) is 0 Å². The first-order chi connectivity index (χ1) is 12.3. The largest absolute Gasteiger partial charge is 0.115 e. The minimum Gasteiger partial charge on any atom is -0.115 e. The molecular weight excluding hydrogens is 300 g/mol. The molecule has 0 radical (unpaired) electrons. The van der Waals surface area contributed by atoms with Crippen LogP contribution in [0.3, 0.4) is 0 Å². The highest BCUT2D eigenvalue weighted by atomic mass is 14.3. The minimum absolute atomic E-state index is 0.893. The van der Waals surface area contributed by atoms with Gasteiger partial charge in [0.25, 0.3) is 0 Å². The number of hydrogen-bond acceptors (Lipinski definition) is 0. The lowest BCUT2D eigenvalue weighted by molar-refractivity contribution is 1.16. The van der Waals surface area contributed by atoms with Crippen LogP contribution in [0, 0.1) is 24.2 Å². The molecule has 116 valence electrons. The van der Waals surface area contributed by atoms with E-state index in [0.717, 1.165) is 24.0 Å². The second-order valence-electron chi connectivity index (χ2n) is 6.67. The standard InChI is InChI=1S/C25H16/c1-3-7-20-16(4-2)10-11-18-15-24-22(25(18)20)13-12-21-19-9-6-5-8-17(19)14-23(21)24/h2,5-6,8-13H,14-15H2,1H3. The van der Waals surface area contributed by atoms with E-state index < -0.39 is 0 Å². The van der Waals surface area contributed by atoms with Crippen molar-refractivity contribution in [1.82, 2.24) is 0 Å². The summed E-state index contributed by atoms with van der Waals surface area (Å²) in [6.45, 7) is 1.87. The average Bonchev–Trinajstić information content (AvgIpc) is 3.20. The summed E-state index contributed by atoms with van der Waals surface area (Å²) in [4.78, 5) is 0. The molecule has 0 unspecified atom stereocenters. The van der Waals surface area contributed by atoms with Gasteiger partial charge in [-0.05, 0) is 64.8 Å². The average molecular weight is 316 g/mol. The van der Waals surface area contributed by atoms with E-state index in [2.05, 4.69) is 60.2 Å². The summed E-state index contributed by atoms with van der Waals surface area (Å²) in [6.07, 6.45) is 7.73. The molecule has 3 aromatic carbocycles. The Morgan fingerprint density at radius 2 is 1.56 bits per heavy atom. The van der Waals surface area contributed by atoms with E-state index in [4.69, 9.17) is 6.42 Å². The maximum Gasteiger partial charge on any atom is 0.0483 e. The molecule has 0 spiro atoms. The van der Waals surface area contributed by atoms with Crippen molar-refractivity contribution < 1.29 is 0 Å². The summed E-state index contributed by atoms with van der Waals surface area (Å²) in [5, 5.41) is 0. The molecule has 0 atom stereocenters. The molecule has 0 fully saturated rings. The van der Waals surface area contributed by atoms with Crippen LogP contribution in [-0.4, -0.2) is 0 Å². The van der Waals surface area contributed by atoms with Crippen LogP contribution < -0.4 is 0 Å². The lowest BCUT2D eigenvalue weighted by Crippen LogP contribution is -1.91. The molecule has 0 heteroatoms. The highest BCUT2D eigenvalue weighted by Crippen LogP contribution is 2.47. The lowest BCUT2D eigenvalue weighted by atomic mass is 9.93. The maximum absolute atomic E-state index is 5.72. The first-order valence-corrected chi connectivity index (χ1v) is 8.60. The van der Waals surface area contributed by atoms with Gasteiger partial charge in [-0.3, -0.25) is 0 Å². The van der Waals surface area contributed by atoms with Crippen molar-refractivity contribution in [1.29, 1.82) is 0 Å². The van der Waals surface area contributed by atoms with Crippen molar-refractivity contribution in [3.63, 3.8) is 0 Å². The Morgan fingerprint density at radius 1 is 0.800 bits per heavy atom. The van der Waals surface area contributed by atoms with Crippen LogP contribution in [0.4, 0.5) is 0 Å². The van der Waals surface area contributed by atoms with Gasteiger partial charge in [0.1, 0.15) is 0 Å². The summed E-state index contributed by atoms with van der Waals surface area (Å²) in [5.74, 6) is 9.11. The molecule has 3 aromatic rings. The smallest absolute Gasteiger partial charge is 0.0483 e. The molecule has 5 rings (SSSR count). The van der Waals surface area contributed by atoms with Gasteiger partial charge in [0.2, 0.25) is 0 Å². The monoisotopic (exact) mass is 316 g/mol. The Kier molecular flexibility index (Phi) is 2.91. The molecule has 0 N–H and O–H groups in total. The fourth-order valence-corrected chi connectivity index (χ4v) is 4.38. The Labute approximate surface area is 148 Å². The minimum atomic E-state index is 0.893. The Balaban J connectivity index is 1.78. The van der Waals surface area contributed by atoms with E-state index in [1.54, 1.807) is 0 Å². The fourth-order valence-electron chi connectivity index (χ4n) is 4.38. The van der Waals surface area contributed by atoms with E-state index in [0.29, 0.717) is 0 Å². The van der Waals surface area contributed by atoms with E-state index in [1.807, 2.05) is 13.0 Å². The summed E-state index contributed by atoms with van der Waals surface area (Å²) in [6, 6.07) is 17.5. The van der Waals surface area contributed by atoms with Crippen molar-refractivity contribution in [2.75, 3.05) is 0 Å². The fraction of sp³-hybridized carbons (Fsp3) is 0.120. The van der Waals surface area contributed by atoms with Crippen LogP contribution >= 0.6 is 0 Å². The lowest BCUT2D eigenvalue weighted by Gasteiger charge is -2.09. The number of benzene rings is 3. The molecule has 0 amide bonds. The SMILES string of the molecule is C#Cc1ccc2c(c1C#CC)-c1ccc3c(c1C2)Cc1ccccc1-3. The molecule has 0 aliphatic heterocycles. The Hall–Kier alpha value is -3.22. The van der Waals surface area contributed by atoms with E-state index in [-0.39, 0.29) is 0 Å². The normalized spacial score (nSPS) is 12.3. The number of fused-ring (bicyclic) bond motifs is 7. The van der Waals surface area contributed by atoms with E-state index in [1.165, 1.54) is 44.5 Å². The van der Waals surface area contributed by atoms with Gasteiger partial charge in [-0.15, -0.1) is 12.3 Å². The molecule has 0 saturated carbocycles. The molecule has 0 saturated heterocycles. The third-order valence-corrected chi connectivity index (χ3v) is 5.44. The van der Waals surface area contributed by atoms with Crippen molar-refractivity contribution in [2.45, 2.75) is 19.8 Å². The maximum atomic E-state index is 5.72. The number of terminal acetylenes is 1. The third-order valence-electron chi connectivity index (χ3n) is 5.44. The van der Waals surface area contributed by atoms with Gasteiger partial charge >= 0.3 is 0 Å². The van der Waals surface area contributed by atoms with Gasteiger partial charge < -0.3 is 0 Å². The topological polar surface area (TPSA) is 0 Å². The summed E-state index contributed by atoms with van der Waals surface area (Å²) in [7, 11) is 0. The summed E-state index contributed by atoms with van der Waals surface area (Å²) < 4.78 is 0. The Bertz CT molecular complexity index is 1160. The molecule has 0 aromatic heterocycles. The molecule has 0 bridgehead atoms. The van der Waals surface area contributed by atoms with Crippen molar-refractivity contribution in [3.05, 3.63) is 81.9 Å². The van der Waals surface area contributed by atoms with E-state index in [9.17, 15) is 0 Å². The van der Waals surface area contributed by atoms with Gasteiger partial charge in [-0.2, -0.15) is 0 Å². The van der Waals surface area contributed by atoms with Gasteiger partial charge in [0, 0.05) is 16.7 Å². The van der Waals surface area contributed by atoms with Crippen LogP contribution in [0.25, 0.3) is 22.3 Å². The second kappa shape index (κ2) is 5.14. The predicted octanol–water partition coefficient (Wildman–Crippen LogP) is 5.18. The number of hydrogen-bond donors (Lipinski definition) is 0. The Morgan fingerprint density at radius 3 is 2.40 bits per heavy atom.